The maximum absolute atomic E-state index is 10.9. The Labute approximate surface area is 154 Å². The van der Waals surface area contributed by atoms with Crippen LogP contribution >= 0.6 is 23.2 Å². The molecular formula is C17H15Cl2N3O3. The van der Waals surface area contributed by atoms with Gasteiger partial charge in [0, 0.05) is 23.7 Å². The number of benzene rings is 2. The fraction of sp³-hybridized carbons (Fsp3) is 0.235. The predicted octanol–water partition coefficient (Wildman–Crippen LogP) is 5.80. The molecule has 0 atom stereocenters. The van der Waals surface area contributed by atoms with Crippen LogP contribution in [0, 0.1) is 10.1 Å². The van der Waals surface area contributed by atoms with Crippen molar-refractivity contribution in [1.82, 2.24) is 9.55 Å². The van der Waals surface area contributed by atoms with Crippen molar-refractivity contribution < 1.29 is 9.66 Å². The smallest absolute Gasteiger partial charge is 0.272 e. The molecular weight excluding hydrogens is 365 g/mol. The first-order valence-corrected chi connectivity index (χ1v) is 8.21. The van der Waals surface area contributed by atoms with Crippen molar-refractivity contribution >= 4 is 39.9 Å². The van der Waals surface area contributed by atoms with E-state index in [1.807, 2.05) is 16.7 Å². The number of hydrogen-bond acceptors (Lipinski definition) is 4. The van der Waals surface area contributed by atoms with E-state index in [9.17, 15) is 10.1 Å². The minimum Gasteiger partial charge on any atom is -0.454 e. The van der Waals surface area contributed by atoms with Gasteiger partial charge in [-0.05, 0) is 32.9 Å². The molecule has 1 aromatic heterocycles. The van der Waals surface area contributed by atoms with Gasteiger partial charge >= 0.3 is 0 Å². The Hall–Kier alpha value is -2.31. The van der Waals surface area contributed by atoms with Gasteiger partial charge in [-0.3, -0.25) is 10.1 Å². The van der Waals surface area contributed by atoms with Crippen LogP contribution in [0.3, 0.4) is 0 Å². The van der Waals surface area contributed by atoms with Gasteiger partial charge in [-0.15, -0.1) is 0 Å². The Morgan fingerprint density at radius 1 is 1.16 bits per heavy atom. The van der Waals surface area contributed by atoms with Crippen LogP contribution in [0.5, 0.6) is 11.5 Å². The standard InChI is InChI=1S/C17H15Cl2N3O3/c1-17(2,3)21-9-20-14-5-4-11(8-15(14)21)25-16-12(18)6-10(22(23)24)7-13(16)19/h4-9H,1-3H3. The van der Waals surface area contributed by atoms with Crippen LogP contribution in [-0.4, -0.2) is 14.5 Å². The average Bonchev–Trinajstić information content (AvgIpc) is 2.93. The molecule has 0 aliphatic rings. The number of nitro groups is 1. The first-order valence-electron chi connectivity index (χ1n) is 7.45. The topological polar surface area (TPSA) is 70.2 Å². The highest BCUT2D eigenvalue weighted by Gasteiger charge is 2.19. The highest BCUT2D eigenvalue weighted by atomic mass is 35.5. The number of rotatable bonds is 3. The summed E-state index contributed by atoms with van der Waals surface area (Å²) >= 11 is 12.2. The van der Waals surface area contributed by atoms with E-state index in [1.54, 1.807) is 12.4 Å². The lowest BCUT2D eigenvalue weighted by Crippen LogP contribution is -2.20. The van der Waals surface area contributed by atoms with Gasteiger partial charge in [0.2, 0.25) is 0 Å². The molecule has 0 bridgehead atoms. The highest BCUT2D eigenvalue weighted by molar-refractivity contribution is 6.37. The SMILES string of the molecule is CC(C)(C)n1cnc2ccc(Oc3c(Cl)cc([N+](=O)[O-])cc3Cl)cc21. The summed E-state index contributed by atoms with van der Waals surface area (Å²) in [4.78, 5) is 14.7. The van der Waals surface area contributed by atoms with E-state index in [2.05, 4.69) is 25.8 Å². The lowest BCUT2D eigenvalue weighted by molar-refractivity contribution is -0.384. The zero-order chi connectivity index (χ0) is 18.4. The summed E-state index contributed by atoms with van der Waals surface area (Å²) in [6, 6.07) is 7.83. The normalized spacial score (nSPS) is 11.7. The zero-order valence-corrected chi connectivity index (χ0v) is 15.3. The Morgan fingerprint density at radius 2 is 1.80 bits per heavy atom. The highest BCUT2D eigenvalue weighted by Crippen LogP contribution is 2.40. The van der Waals surface area contributed by atoms with Crippen LogP contribution in [0.4, 0.5) is 5.69 Å². The molecule has 0 saturated heterocycles. The predicted molar refractivity (Wildman–Crippen MR) is 97.9 cm³/mol. The molecule has 3 rings (SSSR count). The van der Waals surface area contributed by atoms with Crippen LogP contribution in [0.15, 0.2) is 36.7 Å². The van der Waals surface area contributed by atoms with Gasteiger partial charge in [-0.1, -0.05) is 23.2 Å². The second-order valence-corrected chi connectivity index (χ2v) is 7.35. The second kappa shape index (κ2) is 6.20. The van der Waals surface area contributed by atoms with Gasteiger partial charge in [-0.25, -0.2) is 4.98 Å². The first-order chi connectivity index (χ1) is 11.7. The monoisotopic (exact) mass is 379 g/mol. The summed E-state index contributed by atoms with van der Waals surface area (Å²) in [5.74, 6) is 0.686. The van der Waals surface area contributed by atoms with Crippen molar-refractivity contribution in [1.29, 1.82) is 0 Å². The van der Waals surface area contributed by atoms with Gasteiger partial charge in [0.15, 0.2) is 5.75 Å². The number of aromatic nitrogens is 2. The van der Waals surface area contributed by atoms with Gasteiger partial charge in [0.25, 0.3) is 5.69 Å². The minimum atomic E-state index is -0.560. The van der Waals surface area contributed by atoms with Crippen molar-refractivity contribution in [3.8, 4) is 11.5 Å². The minimum absolute atomic E-state index is 0.0728. The third-order valence-corrected chi connectivity index (χ3v) is 4.22. The maximum Gasteiger partial charge on any atom is 0.272 e. The van der Waals surface area contributed by atoms with Crippen LogP contribution in [0.2, 0.25) is 10.0 Å². The number of hydrogen-bond donors (Lipinski definition) is 0. The second-order valence-electron chi connectivity index (χ2n) is 6.53. The summed E-state index contributed by atoms with van der Waals surface area (Å²) in [5.41, 5.74) is 1.40. The number of imidazole rings is 1. The van der Waals surface area contributed by atoms with E-state index < -0.39 is 4.92 Å². The van der Waals surface area contributed by atoms with Crippen molar-refractivity contribution in [2.24, 2.45) is 0 Å². The lowest BCUT2D eigenvalue weighted by Gasteiger charge is -2.21. The zero-order valence-electron chi connectivity index (χ0n) is 13.8. The van der Waals surface area contributed by atoms with Gasteiger partial charge in [0.1, 0.15) is 5.75 Å². The molecule has 0 fully saturated rings. The molecule has 2 aromatic carbocycles. The van der Waals surface area contributed by atoms with E-state index in [4.69, 9.17) is 27.9 Å². The third kappa shape index (κ3) is 3.41. The van der Waals surface area contributed by atoms with Gasteiger partial charge in [-0.2, -0.15) is 0 Å². The molecule has 0 aliphatic carbocycles. The van der Waals surface area contributed by atoms with E-state index in [0.29, 0.717) is 5.75 Å². The molecule has 25 heavy (non-hydrogen) atoms. The summed E-state index contributed by atoms with van der Waals surface area (Å²) in [6.07, 6.45) is 1.78. The summed E-state index contributed by atoms with van der Waals surface area (Å²) in [5, 5.41) is 11.0. The molecule has 0 spiro atoms. The van der Waals surface area contributed by atoms with Crippen LogP contribution in [0.25, 0.3) is 11.0 Å². The van der Waals surface area contributed by atoms with E-state index >= 15 is 0 Å². The number of nitrogens with zero attached hydrogens (tertiary/aromatic N) is 3. The number of nitro benzene ring substituents is 1. The molecule has 0 unspecified atom stereocenters. The molecule has 0 amide bonds. The van der Waals surface area contributed by atoms with E-state index in [-0.39, 0.29) is 27.0 Å². The Bertz CT molecular complexity index is 954. The average molecular weight is 380 g/mol. The van der Waals surface area contributed by atoms with Crippen LogP contribution in [-0.2, 0) is 5.54 Å². The fourth-order valence-corrected chi connectivity index (χ4v) is 3.01. The number of halogens is 2. The van der Waals surface area contributed by atoms with E-state index in [0.717, 1.165) is 11.0 Å². The largest absolute Gasteiger partial charge is 0.454 e. The molecule has 1 heterocycles. The fourth-order valence-electron chi connectivity index (χ4n) is 2.45. The van der Waals surface area contributed by atoms with Gasteiger partial charge in [0.05, 0.1) is 32.3 Å². The molecule has 0 saturated carbocycles. The number of non-ortho nitro benzene ring substituents is 1. The lowest BCUT2D eigenvalue weighted by atomic mass is 10.1. The Kier molecular flexibility index (Phi) is 4.34. The summed E-state index contributed by atoms with van der Waals surface area (Å²) in [6.45, 7) is 6.23. The molecule has 0 radical (unpaired) electrons. The molecule has 6 nitrogen and oxygen atoms in total. The summed E-state index contributed by atoms with van der Waals surface area (Å²) < 4.78 is 7.83. The van der Waals surface area contributed by atoms with E-state index in [1.165, 1.54) is 12.1 Å². The number of ether oxygens (including phenoxy) is 1. The molecule has 130 valence electrons. The first kappa shape index (κ1) is 17.5. The van der Waals surface area contributed by atoms with Crippen molar-refractivity contribution in [3.63, 3.8) is 0 Å². The van der Waals surface area contributed by atoms with Crippen molar-refractivity contribution in [2.45, 2.75) is 26.3 Å². The maximum atomic E-state index is 10.9. The molecule has 3 aromatic rings. The molecule has 0 aliphatic heterocycles. The third-order valence-electron chi connectivity index (χ3n) is 3.66. The quantitative estimate of drug-likeness (QED) is 0.425. The molecule has 8 heteroatoms. The van der Waals surface area contributed by atoms with Gasteiger partial charge < -0.3 is 9.30 Å². The molecule has 0 N–H and O–H groups in total. The van der Waals surface area contributed by atoms with Crippen LogP contribution < -0.4 is 4.74 Å². The Balaban J connectivity index is 2.03. The van der Waals surface area contributed by atoms with Crippen LogP contribution in [0.1, 0.15) is 20.8 Å². The number of fused-ring (bicyclic) bond motifs is 1. The Morgan fingerprint density at radius 3 is 2.36 bits per heavy atom. The van der Waals surface area contributed by atoms with Crippen molar-refractivity contribution in [3.05, 3.63) is 56.8 Å². The van der Waals surface area contributed by atoms with Crippen molar-refractivity contribution in [2.75, 3.05) is 0 Å². The summed E-state index contributed by atoms with van der Waals surface area (Å²) in [7, 11) is 0.